The van der Waals surface area contributed by atoms with E-state index in [1.807, 2.05) is 31.2 Å². The SMILES string of the molecule is COc1cccc([C@@H](C)N2C(=O)COCC2C(N)=O)c1. The fraction of sp³-hybridized carbons (Fsp3) is 0.429. The van der Waals surface area contributed by atoms with Gasteiger partial charge in [0.05, 0.1) is 19.8 Å². The Kier molecular flexibility index (Phi) is 4.24. The van der Waals surface area contributed by atoms with E-state index in [4.69, 9.17) is 15.2 Å². The molecule has 1 saturated heterocycles. The second-order valence-corrected chi connectivity index (χ2v) is 4.69. The van der Waals surface area contributed by atoms with Gasteiger partial charge in [-0.1, -0.05) is 12.1 Å². The first-order chi connectivity index (χ1) is 9.54. The highest BCUT2D eigenvalue weighted by molar-refractivity contribution is 5.88. The maximum Gasteiger partial charge on any atom is 0.249 e. The number of ether oxygens (including phenoxy) is 2. The molecule has 6 heteroatoms. The number of carbonyl (C=O) groups is 2. The standard InChI is InChI=1S/C14H18N2O4/c1-9(10-4-3-5-11(6-10)19-2)16-12(14(15)18)7-20-8-13(16)17/h3-6,9,12H,7-8H2,1-2H3,(H2,15,18)/t9-,12?/m1/s1. The lowest BCUT2D eigenvalue weighted by molar-refractivity contribution is -0.157. The van der Waals surface area contributed by atoms with Crippen molar-refractivity contribution in [2.45, 2.75) is 19.0 Å². The minimum Gasteiger partial charge on any atom is -0.497 e. The molecule has 2 rings (SSSR count). The second-order valence-electron chi connectivity index (χ2n) is 4.69. The summed E-state index contributed by atoms with van der Waals surface area (Å²) < 4.78 is 10.3. The number of benzene rings is 1. The Hall–Kier alpha value is -2.08. The van der Waals surface area contributed by atoms with E-state index in [-0.39, 0.29) is 25.2 Å². The van der Waals surface area contributed by atoms with Gasteiger partial charge in [0.15, 0.2) is 0 Å². The molecule has 108 valence electrons. The van der Waals surface area contributed by atoms with E-state index in [1.54, 1.807) is 7.11 Å². The summed E-state index contributed by atoms with van der Waals surface area (Å²) in [4.78, 5) is 25.0. The first kappa shape index (κ1) is 14.3. The summed E-state index contributed by atoms with van der Waals surface area (Å²) in [6, 6.07) is 6.37. The summed E-state index contributed by atoms with van der Waals surface area (Å²) in [5.41, 5.74) is 6.23. The number of nitrogens with zero attached hydrogens (tertiary/aromatic N) is 1. The molecule has 2 N–H and O–H groups in total. The molecule has 0 saturated carbocycles. The van der Waals surface area contributed by atoms with E-state index in [9.17, 15) is 9.59 Å². The number of methoxy groups -OCH3 is 1. The molecule has 0 spiro atoms. The van der Waals surface area contributed by atoms with Crippen LogP contribution in [0.25, 0.3) is 0 Å². The predicted octanol–water partition coefficient (Wildman–Crippen LogP) is 0.469. The van der Waals surface area contributed by atoms with Crippen molar-refractivity contribution in [3.63, 3.8) is 0 Å². The fourth-order valence-electron chi connectivity index (χ4n) is 2.35. The van der Waals surface area contributed by atoms with Crippen LogP contribution in [0.1, 0.15) is 18.5 Å². The predicted molar refractivity (Wildman–Crippen MR) is 72.1 cm³/mol. The zero-order valence-corrected chi connectivity index (χ0v) is 11.5. The first-order valence-corrected chi connectivity index (χ1v) is 6.36. The van der Waals surface area contributed by atoms with Gasteiger partial charge in [0.1, 0.15) is 18.4 Å². The van der Waals surface area contributed by atoms with Gasteiger partial charge in [-0.2, -0.15) is 0 Å². The number of morpholine rings is 1. The van der Waals surface area contributed by atoms with Crippen LogP contribution in [0.2, 0.25) is 0 Å². The zero-order chi connectivity index (χ0) is 14.7. The number of primary amides is 1. The summed E-state index contributed by atoms with van der Waals surface area (Å²) in [6.07, 6.45) is 0. The van der Waals surface area contributed by atoms with Gasteiger partial charge in [-0.15, -0.1) is 0 Å². The molecular formula is C14H18N2O4. The van der Waals surface area contributed by atoms with E-state index in [0.29, 0.717) is 5.75 Å². The lowest BCUT2D eigenvalue weighted by Crippen LogP contribution is -2.55. The average Bonchev–Trinajstić information content (AvgIpc) is 2.46. The molecule has 0 aliphatic carbocycles. The fourth-order valence-corrected chi connectivity index (χ4v) is 2.35. The molecule has 1 aliphatic rings. The van der Waals surface area contributed by atoms with E-state index >= 15 is 0 Å². The Morgan fingerprint density at radius 2 is 2.30 bits per heavy atom. The normalized spacial score (nSPS) is 20.6. The second kappa shape index (κ2) is 5.92. The summed E-state index contributed by atoms with van der Waals surface area (Å²) in [7, 11) is 1.58. The van der Waals surface area contributed by atoms with E-state index < -0.39 is 11.9 Å². The summed E-state index contributed by atoms with van der Waals surface area (Å²) in [5, 5.41) is 0. The number of hydrogen-bond acceptors (Lipinski definition) is 4. The number of rotatable bonds is 4. The molecule has 1 unspecified atom stereocenters. The van der Waals surface area contributed by atoms with Gasteiger partial charge >= 0.3 is 0 Å². The molecule has 6 nitrogen and oxygen atoms in total. The quantitative estimate of drug-likeness (QED) is 0.868. The Morgan fingerprint density at radius 3 is 2.95 bits per heavy atom. The average molecular weight is 278 g/mol. The van der Waals surface area contributed by atoms with E-state index in [1.165, 1.54) is 4.90 Å². The van der Waals surface area contributed by atoms with Gasteiger partial charge in [-0.25, -0.2) is 0 Å². The van der Waals surface area contributed by atoms with Crippen molar-refractivity contribution >= 4 is 11.8 Å². The molecule has 2 amide bonds. The number of nitrogens with two attached hydrogens (primary N) is 1. The van der Waals surface area contributed by atoms with Crippen LogP contribution in [0.5, 0.6) is 5.75 Å². The third-order valence-electron chi connectivity index (χ3n) is 3.45. The van der Waals surface area contributed by atoms with Crippen LogP contribution in [-0.2, 0) is 14.3 Å². The zero-order valence-electron chi connectivity index (χ0n) is 11.5. The van der Waals surface area contributed by atoms with Crippen molar-refractivity contribution in [1.82, 2.24) is 4.90 Å². The monoisotopic (exact) mass is 278 g/mol. The molecule has 1 fully saturated rings. The van der Waals surface area contributed by atoms with Crippen LogP contribution in [0.3, 0.4) is 0 Å². The molecule has 1 aliphatic heterocycles. The van der Waals surface area contributed by atoms with E-state index in [2.05, 4.69) is 0 Å². The third-order valence-corrected chi connectivity index (χ3v) is 3.45. The van der Waals surface area contributed by atoms with Crippen molar-refractivity contribution in [3.8, 4) is 5.75 Å². The molecule has 0 radical (unpaired) electrons. The molecule has 0 aromatic heterocycles. The highest BCUT2D eigenvalue weighted by atomic mass is 16.5. The van der Waals surface area contributed by atoms with Gasteiger partial charge in [0, 0.05) is 0 Å². The van der Waals surface area contributed by atoms with Crippen molar-refractivity contribution in [1.29, 1.82) is 0 Å². The van der Waals surface area contributed by atoms with E-state index in [0.717, 1.165) is 5.56 Å². The summed E-state index contributed by atoms with van der Waals surface area (Å²) >= 11 is 0. The smallest absolute Gasteiger partial charge is 0.249 e. The van der Waals surface area contributed by atoms with Crippen LogP contribution >= 0.6 is 0 Å². The van der Waals surface area contributed by atoms with Gasteiger partial charge in [0.25, 0.3) is 0 Å². The number of amides is 2. The Morgan fingerprint density at radius 1 is 1.55 bits per heavy atom. The minimum absolute atomic E-state index is 0.0297. The topological polar surface area (TPSA) is 81.9 Å². The molecular weight excluding hydrogens is 260 g/mol. The molecule has 1 aromatic rings. The Balaban J connectivity index is 2.30. The number of hydrogen-bond donors (Lipinski definition) is 1. The lowest BCUT2D eigenvalue weighted by Gasteiger charge is -2.38. The minimum atomic E-state index is -0.738. The molecule has 1 aromatic carbocycles. The Bertz CT molecular complexity index is 518. The van der Waals surface area contributed by atoms with Gasteiger partial charge in [-0.3, -0.25) is 9.59 Å². The Labute approximate surface area is 117 Å². The van der Waals surface area contributed by atoms with Crippen LogP contribution in [0.15, 0.2) is 24.3 Å². The van der Waals surface area contributed by atoms with Gasteiger partial charge in [0.2, 0.25) is 11.8 Å². The maximum atomic E-state index is 12.0. The maximum absolute atomic E-state index is 12.0. The highest BCUT2D eigenvalue weighted by Gasteiger charge is 2.36. The van der Waals surface area contributed by atoms with Gasteiger partial charge < -0.3 is 20.1 Å². The molecule has 2 atom stereocenters. The molecule has 0 bridgehead atoms. The molecule has 20 heavy (non-hydrogen) atoms. The third kappa shape index (κ3) is 2.75. The summed E-state index contributed by atoms with van der Waals surface area (Å²) in [5.74, 6) is -0.103. The van der Waals surface area contributed by atoms with Crippen molar-refractivity contribution in [3.05, 3.63) is 29.8 Å². The largest absolute Gasteiger partial charge is 0.497 e. The van der Waals surface area contributed by atoms with Gasteiger partial charge in [-0.05, 0) is 24.6 Å². The lowest BCUT2D eigenvalue weighted by atomic mass is 10.0. The number of carbonyl (C=O) groups excluding carboxylic acids is 2. The van der Waals surface area contributed by atoms with Crippen LogP contribution in [-0.4, -0.2) is 43.1 Å². The molecule has 1 heterocycles. The van der Waals surface area contributed by atoms with Crippen LogP contribution in [0, 0.1) is 0 Å². The van der Waals surface area contributed by atoms with Crippen LogP contribution in [0.4, 0.5) is 0 Å². The first-order valence-electron chi connectivity index (χ1n) is 6.36. The van der Waals surface area contributed by atoms with Crippen LogP contribution < -0.4 is 10.5 Å². The summed E-state index contributed by atoms with van der Waals surface area (Å²) in [6.45, 7) is 1.96. The van der Waals surface area contributed by atoms with Crippen molar-refractivity contribution in [2.24, 2.45) is 5.73 Å². The van der Waals surface area contributed by atoms with Crippen molar-refractivity contribution < 1.29 is 19.1 Å². The van der Waals surface area contributed by atoms with Crippen molar-refractivity contribution in [2.75, 3.05) is 20.3 Å². The highest BCUT2D eigenvalue weighted by Crippen LogP contribution is 2.27.